The van der Waals surface area contributed by atoms with E-state index in [1.807, 2.05) is 0 Å². The second-order valence-corrected chi connectivity index (χ2v) is 6.47. The predicted molar refractivity (Wildman–Crippen MR) is 75.4 cm³/mol. The van der Waals surface area contributed by atoms with Crippen LogP contribution in [-0.4, -0.2) is 24.5 Å². The van der Waals surface area contributed by atoms with Crippen LogP contribution in [0, 0.1) is 11.3 Å². The minimum Gasteiger partial charge on any atom is -0.368 e. The lowest BCUT2D eigenvalue weighted by molar-refractivity contribution is -0.126. The van der Waals surface area contributed by atoms with Crippen molar-refractivity contribution in [3.63, 3.8) is 0 Å². The number of amides is 1. The summed E-state index contributed by atoms with van der Waals surface area (Å²) in [6.07, 6.45) is 3.53. The molecule has 0 aliphatic heterocycles. The van der Waals surface area contributed by atoms with Gasteiger partial charge in [-0.3, -0.25) is 4.79 Å². The van der Waals surface area contributed by atoms with Crippen LogP contribution in [-0.2, 0) is 4.79 Å². The van der Waals surface area contributed by atoms with Crippen molar-refractivity contribution in [1.82, 2.24) is 5.32 Å². The van der Waals surface area contributed by atoms with Gasteiger partial charge in [0.15, 0.2) is 0 Å². The number of hydrogen-bond acceptors (Lipinski definition) is 3. The average Bonchev–Trinajstić information content (AvgIpc) is 2.34. The van der Waals surface area contributed by atoms with Crippen molar-refractivity contribution in [3.8, 4) is 0 Å². The molecule has 0 aromatic rings. The molecule has 3 N–H and O–H groups in total. The number of hydrogen-bond donors (Lipinski definition) is 2. The van der Waals surface area contributed by atoms with Crippen molar-refractivity contribution in [2.24, 2.45) is 22.2 Å². The van der Waals surface area contributed by atoms with E-state index in [1.165, 1.54) is 0 Å². The predicted octanol–water partition coefficient (Wildman–Crippen LogP) is 2.35. The second kappa shape index (κ2) is 6.26. The first-order valence-corrected chi connectivity index (χ1v) is 6.87. The van der Waals surface area contributed by atoms with Crippen molar-refractivity contribution in [2.75, 3.05) is 13.1 Å². The topological polar surface area (TPSA) is 104 Å². The largest absolute Gasteiger partial charge is 0.368 e. The summed E-state index contributed by atoms with van der Waals surface area (Å²) in [5.74, 6) is 0.333. The molecule has 1 fully saturated rings. The normalized spacial score (nSPS) is 27.6. The fraction of sp³-hybridized carbons (Fsp3) is 0.923. The number of nitrogens with zero attached hydrogens (tertiary/aromatic N) is 3. The van der Waals surface area contributed by atoms with E-state index in [9.17, 15) is 4.79 Å². The van der Waals surface area contributed by atoms with Crippen LogP contribution in [0.25, 0.3) is 10.4 Å². The Morgan fingerprint density at radius 3 is 2.47 bits per heavy atom. The number of rotatable bonds is 5. The van der Waals surface area contributed by atoms with Crippen LogP contribution in [0.5, 0.6) is 0 Å². The van der Waals surface area contributed by atoms with E-state index < -0.39 is 5.54 Å². The molecule has 0 heterocycles. The lowest BCUT2D eigenvalue weighted by Gasteiger charge is -2.42. The van der Waals surface area contributed by atoms with Gasteiger partial charge in [-0.25, -0.2) is 0 Å². The Balaban J connectivity index is 2.61. The molecular weight excluding hydrogens is 242 g/mol. The van der Waals surface area contributed by atoms with Gasteiger partial charge in [0, 0.05) is 18.0 Å². The Morgan fingerprint density at radius 1 is 1.47 bits per heavy atom. The molecule has 19 heavy (non-hydrogen) atoms. The van der Waals surface area contributed by atoms with Crippen LogP contribution < -0.4 is 11.1 Å². The summed E-state index contributed by atoms with van der Waals surface area (Å²) in [5, 5.41) is 6.67. The van der Waals surface area contributed by atoms with Gasteiger partial charge in [-0.05, 0) is 42.5 Å². The molecule has 1 aliphatic rings. The van der Waals surface area contributed by atoms with E-state index in [0.29, 0.717) is 19.0 Å². The van der Waals surface area contributed by atoms with Crippen LogP contribution in [0.1, 0.15) is 46.5 Å². The van der Waals surface area contributed by atoms with Gasteiger partial charge in [0.2, 0.25) is 5.91 Å². The third-order valence-electron chi connectivity index (χ3n) is 4.27. The zero-order chi connectivity index (χ0) is 14.5. The summed E-state index contributed by atoms with van der Waals surface area (Å²) < 4.78 is 0. The first-order valence-electron chi connectivity index (χ1n) is 6.87. The van der Waals surface area contributed by atoms with Gasteiger partial charge in [-0.15, -0.1) is 0 Å². The van der Waals surface area contributed by atoms with Crippen LogP contribution >= 0.6 is 0 Å². The summed E-state index contributed by atoms with van der Waals surface area (Å²) in [4.78, 5) is 14.5. The number of carbonyl (C=O) groups is 1. The SMILES string of the molecule is CC(C)(C)C1CCC(NCCN=[N+]=[N-])(C(N)=O)CC1. The van der Waals surface area contributed by atoms with Crippen LogP contribution in [0.2, 0.25) is 0 Å². The summed E-state index contributed by atoms with van der Waals surface area (Å²) in [6.45, 7) is 7.55. The summed E-state index contributed by atoms with van der Waals surface area (Å²) in [5.41, 5.74) is 13.5. The zero-order valence-electron chi connectivity index (χ0n) is 12.1. The van der Waals surface area contributed by atoms with Gasteiger partial charge in [0.05, 0.1) is 5.54 Å². The molecule has 0 bridgehead atoms. The Morgan fingerprint density at radius 2 is 2.05 bits per heavy atom. The minimum atomic E-state index is -0.618. The standard InChI is InChI=1S/C13H25N5O/c1-12(2,3)10-4-6-13(7-5-10,11(14)19)16-8-9-17-18-15/h10,16H,4-9H2,1-3H3,(H2,14,19). The quantitative estimate of drug-likeness (QED) is 0.345. The number of nitrogens with one attached hydrogen (secondary N) is 1. The maximum absolute atomic E-state index is 11.8. The Labute approximate surface area is 114 Å². The molecule has 0 unspecified atom stereocenters. The third kappa shape index (κ3) is 4.11. The first-order chi connectivity index (χ1) is 8.82. The molecule has 0 spiro atoms. The Hall–Kier alpha value is -1.26. The highest BCUT2D eigenvalue weighted by Crippen LogP contribution is 2.41. The van der Waals surface area contributed by atoms with Gasteiger partial charge < -0.3 is 11.1 Å². The molecule has 1 amide bonds. The average molecular weight is 267 g/mol. The monoisotopic (exact) mass is 267 g/mol. The van der Waals surface area contributed by atoms with Crippen LogP contribution in [0.15, 0.2) is 5.11 Å². The first kappa shape index (κ1) is 15.8. The molecule has 6 heteroatoms. The van der Waals surface area contributed by atoms with E-state index in [4.69, 9.17) is 11.3 Å². The highest BCUT2D eigenvalue weighted by atomic mass is 16.1. The minimum absolute atomic E-state index is 0.273. The van der Waals surface area contributed by atoms with Gasteiger partial charge in [-0.2, -0.15) is 0 Å². The van der Waals surface area contributed by atoms with Gasteiger partial charge in [0.25, 0.3) is 0 Å². The molecule has 0 radical (unpaired) electrons. The molecule has 1 saturated carbocycles. The smallest absolute Gasteiger partial charge is 0.237 e. The van der Waals surface area contributed by atoms with E-state index in [1.54, 1.807) is 0 Å². The number of carbonyl (C=O) groups excluding carboxylic acids is 1. The molecule has 1 aliphatic carbocycles. The third-order valence-corrected chi connectivity index (χ3v) is 4.27. The lowest BCUT2D eigenvalue weighted by atomic mass is 9.67. The van der Waals surface area contributed by atoms with Gasteiger partial charge >= 0.3 is 0 Å². The molecular formula is C13H25N5O. The fourth-order valence-corrected chi connectivity index (χ4v) is 2.88. The fourth-order valence-electron chi connectivity index (χ4n) is 2.88. The van der Waals surface area contributed by atoms with Crippen molar-refractivity contribution in [1.29, 1.82) is 0 Å². The summed E-state index contributed by atoms with van der Waals surface area (Å²) >= 11 is 0. The molecule has 0 atom stereocenters. The molecule has 0 saturated heterocycles. The van der Waals surface area contributed by atoms with Crippen molar-refractivity contribution >= 4 is 5.91 Å². The number of primary amides is 1. The number of nitrogens with two attached hydrogens (primary N) is 1. The maximum atomic E-state index is 11.8. The summed E-state index contributed by atoms with van der Waals surface area (Å²) in [7, 11) is 0. The van der Waals surface area contributed by atoms with Crippen LogP contribution in [0.3, 0.4) is 0 Å². The molecule has 0 aromatic heterocycles. The van der Waals surface area contributed by atoms with Crippen molar-refractivity contribution in [3.05, 3.63) is 10.4 Å². The van der Waals surface area contributed by atoms with Crippen LogP contribution in [0.4, 0.5) is 0 Å². The van der Waals surface area contributed by atoms with E-state index in [0.717, 1.165) is 25.7 Å². The highest BCUT2D eigenvalue weighted by Gasteiger charge is 2.42. The second-order valence-electron chi connectivity index (χ2n) is 6.47. The highest BCUT2D eigenvalue weighted by molar-refractivity contribution is 5.84. The molecule has 0 aromatic carbocycles. The Bertz CT molecular complexity index is 360. The van der Waals surface area contributed by atoms with E-state index in [2.05, 4.69) is 36.1 Å². The van der Waals surface area contributed by atoms with E-state index in [-0.39, 0.29) is 11.3 Å². The van der Waals surface area contributed by atoms with Crippen molar-refractivity contribution < 1.29 is 4.79 Å². The maximum Gasteiger partial charge on any atom is 0.237 e. The van der Waals surface area contributed by atoms with Crippen molar-refractivity contribution in [2.45, 2.75) is 52.0 Å². The zero-order valence-corrected chi connectivity index (χ0v) is 12.1. The van der Waals surface area contributed by atoms with Gasteiger partial charge in [-0.1, -0.05) is 25.9 Å². The number of azide groups is 1. The lowest BCUT2D eigenvalue weighted by Crippen LogP contribution is -2.58. The van der Waals surface area contributed by atoms with Gasteiger partial charge in [0.1, 0.15) is 0 Å². The summed E-state index contributed by atoms with van der Waals surface area (Å²) in [6, 6.07) is 0. The molecule has 108 valence electrons. The van der Waals surface area contributed by atoms with E-state index >= 15 is 0 Å². The molecule has 1 rings (SSSR count). The Kier molecular flexibility index (Phi) is 5.20. The molecule has 6 nitrogen and oxygen atoms in total.